The molecule has 1 atom stereocenters. The second-order valence-corrected chi connectivity index (χ2v) is 8.85. The van der Waals surface area contributed by atoms with E-state index in [-0.39, 0.29) is 11.2 Å². The maximum absolute atomic E-state index is 13.4. The summed E-state index contributed by atoms with van der Waals surface area (Å²) in [4.78, 5) is 32.2. The summed E-state index contributed by atoms with van der Waals surface area (Å²) in [5.41, 5.74) is 7.66. The van der Waals surface area contributed by atoms with Gasteiger partial charge >= 0.3 is 0 Å². The number of anilines is 1. The topological polar surface area (TPSA) is 81.2 Å². The molecule has 0 fully saturated rings. The van der Waals surface area contributed by atoms with Gasteiger partial charge in [0.1, 0.15) is 11.1 Å². The number of nitrogens with two attached hydrogens (primary N) is 1. The van der Waals surface area contributed by atoms with Crippen molar-refractivity contribution in [1.82, 2.24) is 9.55 Å². The molecule has 7 heteroatoms. The van der Waals surface area contributed by atoms with Crippen molar-refractivity contribution in [2.75, 3.05) is 11.4 Å². The number of rotatable bonds is 8. The molecule has 160 valence electrons. The van der Waals surface area contributed by atoms with Gasteiger partial charge in [-0.3, -0.25) is 9.59 Å². The third-order valence-electron chi connectivity index (χ3n) is 5.59. The monoisotopic (exact) mass is 434 g/mol. The average Bonchev–Trinajstić information content (AvgIpc) is 3.19. The first kappa shape index (κ1) is 21.2. The molecule has 4 rings (SSSR count). The molecule has 31 heavy (non-hydrogen) atoms. The van der Waals surface area contributed by atoms with E-state index < -0.39 is 5.91 Å². The summed E-state index contributed by atoms with van der Waals surface area (Å²) in [6, 6.07) is 15.1. The average molecular weight is 435 g/mol. The maximum atomic E-state index is 13.4. The van der Waals surface area contributed by atoms with E-state index in [0.717, 1.165) is 47.7 Å². The summed E-state index contributed by atoms with van der Waals surface area (Å²) in [7, 11) is 2.01. The lowest BCUT2D eigenvalue weighted by Gasteiger charge is -2.34. The zero-order valence-electron chi connectivity index (χ0n) is 17.5. The largest absolute Gasteiger partial charge is 0.366 e. The highest BCUT2D eigenvalue weighted by Gasteiger charge is 2.34. The van der Waals surface area contributed by atoms with Crippen molar-refractivity contribution in [2.45, 2.75) is 35.8 Å². The Bertz CT molecular complexity index is 1080. The van der Waals surface area contributed by atoms with Crippen molar-refractivity contribution >= 4 is 29.3 Å². The molecule has 6 nitrogen and oxygen atoms in total. The standard InChI is InChI=1S/C24H26N4O2S/c1-27-16-14-26-21(27)9-3-2-6-15-28-19-7-4-5-8-20(19)31-22(24(28)30)17-10-12-18(13-11-17)23(25)29/h4-5,7-8,10-14,16,22H,2-3,6,9,15H2,1H3,(H2,25,29). The molecule has 1 aliphatic heterocycles. The molecule has 1 aromatic heterocycles. The van der Waals surface area contributed by atoms with Crippen LogP contribution in [0.2, 0.25) is 0 Å². The van der Waals surface area contributed by atoms with E-state index in [1.54, 1.807) is 23.9 Å². The van der Waals surface area contributed by atoms with Gasteiger partial charge in [-0.1, -0.05) is 30.7 Å². The van der Waals surface area contributed by atoms with Crippen molar-refractivity contribution in [2.24, 2.45) is 12.8 Å². The first-order valence-electron chi connectivity index (χ1n) is 10.5. The molecule has 0 radical (unpaired) electrons. The molecule has 0 spiro atoms. The fourth-order valence-corrected chi connectivity index (χ4v) is 5.08. The van der Waals surface area contributed by atoms with Crippen molar-refractivity contribution < 1.29 is 9.59 Å². The Morgan fingerprint density at radius 1 is 1.10 bits per heavy atom. The quantitative estimate of drug-likeness (QED) is 0.541. The van der Waals surface area contributed by atoms with Crippen molar-refractivity contribution in [3.63, 3.8) is 0 Å². The number of unbranched alkanes of at least 4 members (excludes halogenated alkanes) is 2. The van der Waals surface area contributed by atoms with Crippen molar-refractivity contribution in [1.29, 1.82) is 0 Å². The second-order valence-electron chi connectivity index (χ2n) is 7.71. The normalized spacial score (nSPS) is 15.7. The molecule has 2 amide bonds. The smallest absolute Gasteiger partial charge is 0.248 e. The lowest BCUT2D eigenvalue weighted by molar-refractivity contribution is -0.118. The first-order chi connectivity index (χ1) is 15.0. The summed E-state index contributed by atoms with van der Waals surface area (Å²) in [5, 5.41) is -0.329. The number of hydrogen-bond acceptors (Lipinski definition) is 4. The van der Waals surface area contributed by atoms with E-state index in [9.17, 15) is 9.59 Å². The summed E-state index contributed by atoms with van der Waals surface area (Å²) in [5.74, 6) is 0.710. The lowest BCUT2D eigenvalue weighted by atomic mass is 10.1. The van der Waals surface area contributed by atoms with Gasteiger partial charge in [-0.25, -0.2) is 4.98 Å². The summed E-state index contributed by atoms with van der Waals surface area (Å²) in [6.07, 6.45) is 7.74. The summed E-state index contributed by atoms with van der Waals surface area (Å²) in [6.45, 7) is 0.687. The molecule has 2 aromatic carbocycles. The fraction of sp³-hybridized carbons (Fsp3) is 0.292. The molecule has 1 aliphatic rings. The number of thioether (sulfide) groups is 1. The second kappa shape index (κ2) is 9.39. The zero-order chi connectivity index (χ0) is 21.8. The van der Waals surface area contributed by atoms with Crippen LogP contribution in [0.5, 0.6) is 0 Å². The number of benzene rings is 2. The van der Waals surface area contributed by atoms with Crippen LogP contribution in [0.25, 0.3) is 0 Å². The summed E-state index contributed by atoms with van der Waals surface area (Å²) >= 11 is 1.56. The Morgan fingerprint density at radius 3 is 2.58 bits per heavy atom. The SMILES string of the molecule is Cn1ccnc1CCCCCN1C(=O)C(c2ccc(C(N)=O)cc2)Sc2ccccc21. The fourth-order valence-electron chi connectivity index (χ4n) is 3.85. The Kier molecular flexibility index (Phi) is 6.42. The van der Waals surface area contributed by atoms with Crippen molar-refractivity contribution in [3.8, 4) is 0 Å². The van der Waals surface area contributed by atoms with Crippen molar-refractivity contribution in [3.05, 3.63) is 77.9 Å². The van der Waals surface area contributed by atoms with Crippen LogP contribution in [0.4, 0.5) is 5.69 Å². The van der Waals surface area contributed by atoms with Crippen LogP contribution in [-0.4, -0.2) is 27.9 Å². The number of carbonyl (C=O) groups is 2. The molecule has 0 aliphatic carbocycles. The third-order valence-corrected chi connectivity index (χ3v) is 6.90. The number of carbonyl (C=O) groups excluding carboxylic acids is 2. The Balaban J connectivity index is 1.45. The van der Waals surface area contributed by atoms with Gasteiger partial charge in [-0.15, -0.1) is 11.8 Å². The van der Waals surface area contributed by atoms with E-state index >= 15 is 0 Å². The number of imidazole rings is 1. The molecule has 0 bridgehead atoms. The van der Waals surface area contributed by atoms with Gasteiger partial charge < -0.3 is 15.2 Å². The van der Waals surface area contributed by atoms with Gasteiger partial charge in [0, 0.05) is 42.9 Å². The van der Waals surface area contributed by atoms with E-state index in [0.29, 0.717) is 12.1 Å². The molecular formula is C24H26N4O2S. The predicted molar refractivity (Wildman–Crippen MR) is 123 cm³/mol. The highest BCUT2D eigenvalue weighted by Crippen LogP contribution is 2.46. The molecule has 2 heterocycles. The number of para-hydroxylation sites is 1. The molecule has 2 N–H and O–H groups in total. The van der Waals surface area contributed by atoms with Gasteiger partial charge in [0.25, 0.3) is 0 Å². The number of amides is 2. The molecular weight excluding hydrogens is 408 g/mol. The van der Waals surface area contributed by atoms with Gasteiger partial charge in [-0.2, -0.15) is 0 Å². The maximum Gasteiger partial charge on any atom is 0.248 e. The zero-order valence-corrected chi connectivity index (χ0v) is 18.3. The predicted octanol–water partition coefficient (Wildman–Crippen LogP) is 4.11. The number of nitrogens with zero attached hydrogens (tertiary/aromatic N) is 3. The lowest BCUT2D eigenvalue weighted by Crippen LogP contribution is -2.38. The third kappa shape index (κ3) is 4.66. The Labute approximate surface area is 186 Å². The van der Waals surface area contributed by atoms with Crippen LogP contribution < -0.4 is 10.6 Å². The minimum Gasteiger partial charge on any atom is -0.366 e. The van der Waals surface area contributed by atoms with Gasteiger partial charge in [0.15, 0.2) is 0 Å². The Morgan fingerprint density at radius 2 is 1.87 bits per heavy atom. The van der Waals surface area contributed by atoms with Gasteiger partial charge in [0.2, 0.25) is 11.8 Å². The van der Waals surface area contributed by atoms with Crippen LogP contribution >= 0.6 is 11.8 Å². The van der Waals surface area contributed by atoms with Crippen LogP contribution in [0.15, 0.2) is 65.8 Å². The number of primary amides is 1. The van der Waals surface area contributed by atoms with E-state index in [1.807, 2.05) is 54.7 Å². The minimum absolute atomic E-state index is 0.0830. The van der Waals surface area contributed by atoms with Crippen LogP contribution in [0, 0.1) is 0 Å². The van der Waals surface area contributed by atoms with E-state index in [2.05, 4.69) is 15.6 Å². The minimum atomic E-state index is -0.466. The number of fused-ring (bicyclic) bond motifs is 1. The molecule has 3 aromatic rings. The number of aryl methyl sites for hydroxylation is 2. The Hall–Kier alpha value is -3.06. The molecule has 0 saturated carbocycles. The highest BCUT2D eigenvalue weighted by molar-refractivity contribution is 8.00. The summed E-state index contributed by atoms with van der Waals surface area (Å²) < 4.78 is 2.05. The highest BCUT2D eigenvalue weighted by atomic mass is 32.2. The van der Waals surface area contributed by atoms with Gasteiger partial charge in [0.05, 0.1) is 5.69 Å². The van der Waals surface area contributed by atoms with Crippen LogP contribution in [0.3, 0.4) is 0 Å². The molecule has 0 saturated heterocycles. The number of hydrogen-bond donors (Lipinski definition) is 1. The first-order valence-corrected chi connectivity index (χ1v) is 11.4. The van der Waals surface area contributed by atoms with Crippen LogP contribution in [0.1, 0.15) is 46.3 Å². The van der Waals surface area contributed by atoms with Crippen LogP contribution in [-0.2, 0) is 18.3 Å². The molecule has 1 unspecified atom stereocenters. The van der Waals surface area contributed by atoms with Gasteiger partial charge in [-0.05, 0) is 42.7 Å². The van der Waals surface area contributed by atoms with E-state index in [4.69, 9.17) is 5.73 Å². The number of aromatic nitrogens is 2. The van der Waals surface area contributed by atoms with E-state index in [1.165, 1.54) is 0 Å².